The number of hydrogen-bond donors (Lipinski definition) is 20. The molecule has 0 aliphatic carbocycles. The molecule has 67 heavy (non-hydrogen) atoms. The maximum atomic E-state index is 12.7. The fourth-order valence-electron chi connectivity index (χ4n) is 6.06. The van der Waals surface area contributed by atoms with Crippen LogP contribution >= 0.6 is 23.5 Å². The Morgan fingerprint density at radius 1 is 0.418 bits per heavy atom. The van der Waals surface area contributed by atoms with Gasteiger partial charge in [0.1, 0.15) is 110 Å². The van der Waals surface area contributed by atoms with Crippen molar-refractivity contribution in [3.63, 3.8) is 0 Å². The van der Waals surface area contributed by atoms with E-state index >= 15 is 0 Å². The lowest BCUT2D eigenvalue weighted by molar-refractivity contribution is -0.194. The monoisotopic (exact) mass is 1060 g/mol. The number of phosphoric acid groups is 3. The summed E-state index contributed by atoms with van der Waals surface area (Å²) in [6.45, 7) is -9.51. The van der Waals surface area contributed by atoms with Gasteiger partial charge in [-0.05, 0) is 0 Å². The second-order valence-corrected chi connectivity index (χ2v) is 19.1. The first kappa shape index (κ1) is 60.8. The smallest absolute Gasteiger partial charge is 0.394 e. The second-order valence-electron chi connectivity index (χ2n) is 14.9. The van der Waals surface area contributed by atoms with Gasteiger partial charge in [0.2, 0.25) is 0 Å². The fourth-order valence-corrected chi connectivity index (χ4v) is 8.97. The standard InChI is InChI=1S/C30H59O34P3/c31-1-10(35)19(41)13(38)7-56-66(50,51)63-26-17(3-33)60-29(23(26)45)55-6-12(37)21(43)15(40)9-58-67(52,53)64-27-18(4-34)61-30(24(27)46)54-5-11(36)20(42)14(39)8-57-65(48,49)62-25-16(2-32)59-28(47)22(25)44/h10-47H,1-9H2,(H,48,49)(H,50,51)(H,52,53)/t10-,11-,12-,13+,14+,15+,16+,17+,18+,19-,20-,21-,22+,23+,24+,25+,26+,27+,28+,29+,30+/m0/s1. The summed E-state index contributed by atoms with van der Waals surface area (Å²) in [5, 5.41) is 169. The molecule has 0 radical (unpaired) electrons. The third-order valence-corrected chi connectivity index (χ3v) is 12.8. The SMILES string of the molecule is O=P(O)(OC[C@@H](O)[C@@H](O)[C@@H](O)CO[C@@H]1O[C@H](CO)[C@@H](OP(=O)(O)OC[C@@H](O)[C@@H](O)[C@@H](O)CO[C@@H]2O[C@H](CO)[C@@H](OP(=O)(O)OC[C@@H](O)[C@@H](O)[C@@H](O)CO)[C@H]2O)[C@H]1O)O[C@H]1[C@@H](O)[C@H](O)O[C@@H]1CO. The van der Waals surface area contributed by atoms with E-state index in [2.05, 4.69) is 18.1 Å². The average molecular weight is 1060 g/mol. The van der Waals surface area contributed by atoms with Crippen molar-refractivity contribution in [1.29, 1.82) is 0 Å². The molecule has 3 saturated heterocycles. The first-order valence-electron chi connectivity index (χ1n) is 19.6. The molecule has 3 aliphatic rings. The quantitative estimate of drug-likeness (QED) is 0.0287. The molecule has 3 rings (SSSR count). The molecule has 0 amide bonds. The zero-order valence-electron chi connectivity index (χ0n) is 34.5. The highest BCUT2D eigenvalue weighted by Crippen LogP contribution is 2.50. The molecule has 0 bridgehead atoms. The van der Waals surface area contributed by atoms with Crippen LogP contribution in [0.2, 0.25) is 0 Å². The van der Waals surface area contributed by atoms with Crippen LogP contribution in [0.15, 0.2) is 0 Å². The summed E-state index contributed by atoms with van der Waals surface area (Å²) in [6, 6.07) is 0. The number of phosphoric ester groups is 3. The largest absolute Gasteiger partial charge is 0.472 e. The third-order valence-electron chi connectivity index (χ3n) is 9.84. The molecule has 24 atom stereocenters. The second kappa shape index (κ2) is 26.9. The minimum atomic E-state index is -5.41. The van der Waals surface area contributed by atoms with Crippen LogP contribution in [-0.2, 0) is 64.5 Å². The minimum absolute atomic E-state index is 0.861. The molecule has 0 aromatic rings. The predicted octanol–water partition coefficient (Wildman–Crippen LogP) is -11.0. The van der Waals surface area contributed by atoms with Crippen molar-refractivity contribution >= 4 is 23.5 Å². The number of hydrogen-bond acceptors (Lipinski definition) is 31. The summed E-state index contributed by atoms with van der Waals surface area (Å²) in [6.07, 6.45) is -41.0. The van der Waals surface area contributed by atoms with E-state index in [-0.39, 0.29) is 0 Å². The summed E-state index contributed by atoms with van der Waals surface area (Å²) < 4.78 is 90.9. The van der Waals surface area contributed by atoms with Crippen molar-refractivity contribution in [3.8, 4) is 0 Å². The Morgan fingerprint density at radius 2 is 0.701 bits per heavy atom. The minimum Gasteiger partial charge on any atom is -0.394 e. The Bertz CT molecular complexity index is 1600. The van der Waals surface area contributed by atoms with E-state index in [9.17, 15) is 110 Å². The van der Waals surface area contributed by atoms with Gasteiger partial charge in [-0.3, -0.25) is 27.1 Å². The highest BCUT2D eigenvalue weighted by Gasteiger charge is 2.51. The lowest BCUT2D eigenvalue weighted by Gasteiger charge is -2.27. The first-order chi connectivity index (χ1) is 31.1. The third kappa shape index (κ3) is 17.6. The molecule has 34 nitrogen and oxygen atoms in total. The van der Waals surface area contributed by atoms with Crippen molar-refractivity contribution in [2.24, 2.45) is 0 Å². The van der Waals surface area contributed by atoms with Crippen LogP contribution in [0.25, 0.3) is 0 Å². The predicted molar refractivity (Wildman–Crippen MR) is 202 cm³/mol. The first-order valence-corrected chi connectivity index (χ1v) is 24.1. The topological polar surface area (TPSA) is 557 Å². The van der Waals surface area contributed by atoms with E-state index in [1.807, 2.05) is 0 Å². The molecule has 37 heteroatoms. The van der Waals surface area contributed by atoms with E-state index in [1.165, 1.54) is 0 Å². The van der Waals surface area contributed by atoms with Crippen molar-refractivity contribution in [2.75, 3.05) is 59.5 Å². The van der Waals surface area contributed by atoms with E-state index in [4.69, 9.17) is 37.8 Å². The van der Waals surface area contributed by atoms with E-state index in [1.54, 1.807) is 0 Å². The highest BCUT2D eigenvalue weighted by atomic mass is 31.2. The van der Waals surface area contributed by atoms with Gasteiger partial charge < -0.3 is 125 Å². The average Bonchev–Trinajstić information content (AvgIpc) is 3.86. The van der Waals surface area contributed by atoms with Crippen molar-refractivity contribution < 1.29 is 166 Å². The molecule has 0 aromatic heterocycles. The molecule has 20 N–H and O–H groups in total. The van der Waals surface area contributed by atoms with Crippen molar-refractivity contribution in [2.45, 2.75) is 129 Å². The lowest BCUT2D eigenvalue weighted by atomic mass is 10.1. The van der Waals surface area contributed by atoms with Crippen LogP contribution in [-0.4, -0.2) is 290 Å². The molecular formula is C30H59O34P3. The molecular weight excluding hydrogens is 997 g/mol. The molecule has 0 saturated carbocycles. The van der Waals surface area contributed by atoms with Crippen LogP contribution < -0.4 is 0 Å². The summed E-state index contributed by atoms with van der Waals surface area (Å²) in [4.78, 5) is 30.2. The molecule has 398 valence electrons. The van der Waals surface area contributed by atoms with Gasteiger partial charge in [-0.15, -0.1) is 0 Å². The molecule has 3 heterocycles. The van der Waals surface area contributed by atoms with Crippen LogP contribution in [0.4, 0.5) is 0 Å². The maximum Gasteiger partial charge on any atom is 0.472 e. The maximum absolute atomic E-state index is 12.7. The van der Waals surface area contributed by atoms with Crippen LogP contribution in [0.1, 0.15) is 0 Å². The molecule has 3 unspecified atom stereocenters. The van der Waals surface area contributed by atoms with Gasteiger partial charge in [-0.2, -0.15) is 0 Å². The Morgan fingerprint density at radius 3 is 1.01 bits per heavy atom. The van der Waals surface area contributed by atoms with Gasteiger partial charge >= 0.3 is 23.5 Å². The zero-order chi connectivity index (χ0) is 50.8. The van der Waals surface area contributed by atoms with Crippen LogP contribution in [0.5, 0.6) is 0 Å². The van der Waals surface area contributed by atoms with E-state index in [0.29, 0.717) is 0 Å². The van der Waals surface area contributed by atoms with Crippen molar-refractivity contribution in [1.82, 2.24) is 0 Å². The van der Waals surface area contributed by atoms with E-state index in [0.717, 1.165) is 0 Å². The number of aliphatic hydroxyl groups excluding tert-OH is 17. The summed E-state index contributed by atoms with van der Waals surface area (Å²) in [7, 11) is -15.8. The van der Waals surface area contributed by atoms with Crippen LogP contribution in [0, 0.1) is 0 Å². The fraction of sp³-hybridized carbons (Fsp3) is 1.00. The van der Waals surface area contributed by atoms with Crippen molar-refractivity contribution in [3.05, 3.63) is 0 Å². The van der Waals surface area contributed by atoms with Gasteiger partial charge in [0.15, 0.2) is 18.9 Å². The van der Waals surface area contributed by atoms with Gasteiger partial charge in [-0.25, -0.2) is 13.7 Å². The molecule has 0 aromatic carbocycles. The van der Waals surface area contributed by atoms with Gasteiger partial charge in [0, 0.05) is 0 Å². The van der Waals surface area contributed by atoms with Gasteiger partial charge in [0.05, 0.1) is 59.5 Å². The zero-order valence-corrected chi connectivity index (χ0v) is 37.2. The summed E-state index contributed by atoms with van der Waals surface area (Å²) in [5.74, 6) is 0. The Labute approximate surface area is 377 Å². The Hall–Kier alpha value is -0.550. The Kier molecular flexibility index (Phi) is 24.4. The lowest BCUT2D eigenvalue weighted by Crippen LogP contribution is -2.44. The molecule has 3 fully saturated rings. The van der Waals surface area contributed by atoms with E-state index < -0.39 is 212 Å². The van der Waals surface area contributed by atoms with Gasteiger partial charge in [0.25, 0.3) is 0 Å². The molecule has 0 spiro atoms. The van der Waals surface area contributed by atoms with Crippen LogP contribution in [0.3, 0.4) is 0 Å². The normalized spacial score (nSPS) is 36.0. The number of rotatable bonds is 31. The number of aliphatic hydroxyl groups is 17. The van der Waals surface area contributed by atoms with Gasteiger partial charge in [-0.1, -0.05) is 0 Å². The highest BCUT2D eigenvalue weighted by molar-refractivity contribution is 7.48. The summed E-state index contributed by atoms with van der Waals surface area (Å²) >= 11 is 0. The molecule has 3 aliphatic heterocycles. The summed E-state index contributed by atoms with van der Waals surface area (Å²) in [5.41, 5.74) is 0. The number of ether oxygens (including phenoxy) is 5. The Balaban J connectivity index is 1.45.